The molecule has 1 aliphatic heterocycles. The molecule has 1 aliphatic rings. The highest BCUT2D eigenvalue weighted by Gasteiger charge is 2.30. The van der Waals surface area contributed by atoms with E-state index in [1.54, 1.807) is 62.6 Å². The maximum atomic E-state index is 12.9. The summed E-state index contributed by atoms with van der Waals surface area (Å²) < 4.78 is 10.5. The number of amides is 2. The van der Waals surface area contributed by atoms with Gasteiger partial charge in [-0.3, -0.25) is 9.59 Å². The molecule has 0 spiro atoms. The number of nitrogens with one attached hydrogen (secondary N) is 1. The Bertz CT molecular complexity index is 1180. The second-order valence-corrected chi connectivity index (χ2v) is 7.85. The summed E-state index contributed by atoms with van der Waals surface area (Å²) in [5, 5.41) is 2.85. The number of anilines is 1. The molecule has 8 heteroatoms. The van der Waals surface area contributed by atoms with Crippen LogP contribution in [0.3, 0.4) is 0 Å². The number of hydrogen-bond donors (Lipinski definition) is 1. The lowest BCUT2D eigenvalue weighted by atomic mass is 10.1. The summed E-state index contributed by atoms with van der Waals surface area (Å²) in [5.41, 5.74) is 2.16. The number of hydrogen-bond acceptors (Lipinski definition) is 6. The largest absolute Gasteiger partial charge is 0.497 e. The zero-order valence-corrected chi connectivity index (χ0v) is 18.9. The zero-order chi connectivity index (χ0) is 23.4. The van der Waals surface area contributed by atoms with Crippen LogP contribution in [0.4, 0.5) is 5.69 Å². The Morgan fingerprint density at radius 3 is 2.67 bits per heavy atom. The molecule has 2 heterocycles. The first-order valence-corrected chi connectivity index (χ1v) is 10.7. The number of carbonyl (C=O) groups excluding carboxylic acids is 2. The number of aromatic nitrogens is 2. The fourth-order valence-corrected chi connectivity index (χ4v) is 3.94. The molecule has 0 saturated carbocycles. The topological polar surface area (TPSA) is 93.7 Å². The third-order valence-corrected chi connectivity index (χ3v) is 5.76. The van der Waals surface area contributed by atoms with Crippen LogP contribution in [-0.2, 0) is 0 Å². The number of rotatable bonds is 6. The summed E-state index contributed by atoms with van der Waals surface area (Å²) in [5.74, 6) is 1.54. The number of ether oxygens (including phenoxy) is 2. The summed E-state index contributed by atoms with van der Waals surface area (Å²) in [7, 11) is 3.13. The molecule has 0 radical (unpaired) electrons. The molecule has 1 aromatic heterocycles. The van der Waals surface area contributed by atoms with Gasteiger partial charge < -0.3 is 19.7 Å². The van der Waals surface area contributed by atoms with Gasteiger partial charge in [-0.1, -0.05) is 18.2 Å². The Morgan fingerprint density at radius 2 is 1.91 bits per heavy atom. The van der Waals surface area contributed by atoms with Gasteiger partial charge in [0.2, 0.25) is 0 Å². The molecule has 2 amide bonds. The molecule has 0 bridgehead atoms. The predicted molar refractivity (Wildman–Crippen MR) is 124 cm³/mol. The highest BCUT2D eigenvalue weighted by molar-refractivity contribution is 6.05. The molecule has 1 atom stereocenters. The van der Waals surface area contributed by atoms with Crippen LogP contribution in [0.5, 0.6) is 11.5 Å². The van der Waals surface area contributed by atoms with Gasteiger partial charge in [0.15, 0.2) is 0 Å². The van der Waals surface area contributed by atoms with E-state index >= 15 is 0 Å². The van der Waals surface area contributed by atoms with Crippen LogP contribution < -0.4 is 14.8 Å². The predicted octanol–water partition coefficient (Wildman–Crippen LogP) is 3.68. The van der Waals surface area contributed by atoms with Crippen molar-refractivity contribution in [1.82, 2.24) is 14.9 Å². The van der Waals surface area contributed by atoms with Crippen molar-refractivity contribution in [1.29, 1.82) is 0 Å². The molecule has 0 unspecified atom stereocenters. The first-order chi connectivity index (χ1) is 16.0. The van der Waals surface area contributed by atoms with Gasteiger partial charge in [0.25, 0.3) is 11.8 Å². The molecule has 33 heavy (non-hydrogen) atoms. The molecule has 170 valence electrons. The van der Waals surface area contributed by atoms with Gasteiger partial charge in [-0.25, -0.2) is 9.97 Å². The van der Waals surface area contributed by atoms with E-state index < -0.39 is 0 Å². The third kappa shape index (κ3) is 4.79. The third-order valence-electron chi connectivity index (χ3n) is 5.76. The molecule has 0 aliphatic carbocycles. The summed E-state index contributed by atoms with van der Waals surface area (Å²) in [6.45, 7) is 2.94. The number of aryl methyl sites for hydroxylation is 1. The fraction of sp³-hybridized carbons (Fsp3) is 0.280. The summed E-state index contributed by atoms with van der Waals surface area (Å²) in [6, 6.07) is 14.4. The quantitative estimate of drug-likeness (QED) is 0.621. The highest BCUT2D eigenvalue weighted by atomic mass is 16.5. The van der Waals surface area contributed by atoms with E-state index in [1.165, 1.54) is 0 Å². The van der Waals surface area contributed by atoms with Crippen molar-refractivity contribution in [3.63, 3.8) is 0 Å². The molecule has 2 aromatic carbocycles. The summed E-state index contributed by atoms with van der Waals surface area (Å²) >= 11 is 0. The van der Waals surface area contributed by atoms with Gasteiger partial charge in [0.05, 0.1) is 31.2 Å². The smallest absolute Gasteiger partial charge is 0.259 e. The average molecular weight is 447 g/mol. The molecule has 1 fully saturated rings. The first-order valence-electron chi connectivity index (χ1n) is 10.7. The monoisotopic (exact) mass is 446 g/mol. The Hall–Kier alpha value is -3.94. The normalized spacial score (nSPS) is 15.2. The maximum absolute atomic E-state index is 12.9. The molecule has 3 aromatic rings. The van der Waals surface area contributed by atoms with Crippen molar-refractivity contribution in [2.45, 2.75) is 19.3 Å². The Kier molecular flexibility index (Phi) is 6.53. The van der Waals surface area contributed by atoms with E-state index in [1.807, 2.05) is 18.2 Å². The van der Waals surface area contributed by atoms with Crippen LogP contribution in [0.1, 0.15) is 44.6 Å². The fourth-order valence-electron chi connectivity index (χ4n) is 3.94. The van der Waals surface area contributed by atoms with Gasteiger partial charge in [-0.2, -0.15) is 0 Å². The van der Waals surface area contributed by atoms with Crippen molar-refractivity contribution in [2.24, 2.45) is 0 Å². The van der Waals surface area contributed by atoms with Crippen LogP contribution in [0, 0.1) is 6.92 Å². The summed E-state index contributed by atoms with van der Waals surface area (Å²) in [6.07, 6.45) is 2.32. The lowest BCUT2D eigenvalue weighted by Gasteiger charge is -2.17. The van der Waals surface area contributed by atoms with E-state index in [0.29, 0.717) is 52.9 Å². The van der Waals surface area contributed by atoms with Gasteiger partial charge >= 0.3 is 0 Å². The number of para-hydroxylation sites is 2. The van der Waals surface area contributed by atoms with Crippen LogP contribution >= 0.6 is 0 Å². The number of likely N-dealkylation sites (tertiary alicyclic amines) is 1. The minimum absolute atomic E-state index is 0.0181. The highest BCUT2D eigenvalue weighted by Crippen LogP contribution is 2.28. The molecular weight excluding hydrogens is 420 g/mol. The number of benzene rings is 2. The number of methoxy groups -OCH3 is 2. The lowest BCUT2D eigenvalue weighted by Crippen LogP contribution is -2.28. The van der Waals surface area contributed by atoms with Gasteiger partial charge in [0.1, 0.15) is 17.3 Å². The Labute approximate surface area is 192 Å². The van der Waals surface area contributed by atoms with Gasteiger partial charge in [-0.15, -0.1) is 0 Å². The van der Waals surface area contributed by atoms with Crippen LogP contribution in [0.25, 0.3) is 0 Å². The number of carbonyl (C=O) groups is 2. The minimum Gasteiger partial charge on any atom is -0.497 e. The maximum Gasteiger partial charge on any atom is 0.259 e. The molecule has 1 saturated heterocycles. The van der Waals surface area contributed by atoms with Crippen LogP contribution in [0.2, 0.25) is 0 Å². The van der Waals surface area contributed by atoms with Crippen molar-refractivity contribution < 1.29 is 19.1 Å². The number of nitrogens with zero attached hydrogens (tertiary/aromatic N) is 3. The van der Waals surface area contributed by atoms with Crippen LogP contribution in [0.15, 0.2) is 54.7 Å². The van der Waals surface area contributed by atoms with E-state index in [9.17, 15) is 9.59 Å². The van der Waals surface area contributed by atoms with Crippen molar-refractivity contribution in [3.05, 3.63) is 77.4 Å². The van der Waals surface area contributed by atoms with E-state index in [4.69, 9.17) is 9.47 Å². The lowest BCUT2D eigenvalue weighted by molar-refractivity contribution is 0.0790. The SMILES string of the molecule is COc1cccc(C(=O)N2CC[C@H](c3ncc(C(=O)Nc4ccccc4OC)c(C)n3)C2)c1. The standard InChI is InChI=1S/C25H26N4O4/c1-16-20(24(30)28-21-9-4-5-10-22(21)33-3)14-26-23(27-16)18-11-12-29(15-18)25(31)17-7-6-8-19(13-17)32-2/h4-10,13-14,18H,11-12,15H2,1-3H3,(H,28,30)/t18-/m0/s1. The molecular formula is C25H26N4O4. The van der Waals surface area contributed by atoms with E-state index in [0.717, 1.165) is 6.42 Å². The van der Waals surface area contributed by atoms with Gasteiger partial charge in [-0.05, 0) is 43.7 Å². The molecule has 4 rings (SSSR count). The van der Waals surface area contributed by atoms with Crippen molar-refractivity contribution >= 4 is 17.5 Å². The van der Waals surface area contributed by atoms with Crippen LogP contribution in [-0.4, -0.2) is 54.0 Å². The second-order valence-electron chi connectivity index (χ2n) is 7.85. The second kappa shape index (κ2) is 9.68. The molecule has 1 N–H and O–H groups in total. The minimum atomic E-state index is -0.301. The van der Waals surface area contributed by atoms with Gasteiger partial charge in [0, 0.05) is 30.8 Å². The first kappa shape index (κ1) is 22.3. The Morgan fingerprint density at radius 1 is 1.09 bits per heavy atom. The zero-order valence-electron chi connectivity index (χ0n) is 18.9. The van der Waals surface area contributed by atoms with E-state index in [2.05, 4.69) is 15.3 Å². The van der Waals surface area contributed by atoms with Crippen molar-refractivity contribution in [2.75, 3.05) is 32.6 Å². The summed E-state index contributed by atoms with van der Waals surface area (Å²) in [4.78, 5) is 36.5. The van der Waals surface area contributed by atoms with E-state index in [-0.39, 0.29) is 17.7 Å². The molecule has 8 nitrogen and oxygen atoms in total. The Balaban J connectivity index is 1.45. The average Bonchev–Trinajstić information content (AvgIpc) is 3.34. The van der Waals surface area contributed by atoms with Crippen molar-refractivity contribution in [3.8, 4) is 11.5 Å².